The molecule has 0 N–H and O–H groups in total. The maximum atomic E-state index is 2.68. The molecule has 0 aliphatic carbocycles. The number of piperidine rings is 1. The summed E-state index contributed by atoms with van der Waals surface area (Å²) in [6, 6.07) is 0. The minimum atomic E-state index is 0.705. The van der Waals surface area contributed by atoms with Gasteiger partial charge in [-0.1, -0.05) is 0 Å². The fourth-order valence-corrected chi connectivity index (χ4v) is 3.06. The summed E-state index contributed by atoms with van der Waals surface area (Å²) in [6.07, 6.45) is 4.41. The Labute approximate surface area is 73.4 Å². The van der Waals surface area contributed by atoms with E-state index in [1.807, 2.05) is 0 Å². The second-order valence-electron chi connectivity index (χ2n) is 3.27. The van der Waals surface area contributed by atoms with Crippen LogP contribution in [0.3, 0.4) is 0 Å². The van der Waals surface area contributed by atoms with Crippen LogP contribution in [0.4, 0.5) is 0 Å². The van der Waals surface area contributed by atoms with Crippen molar-refractivity contribution < 1.29 is 21.2 Å². The van der Waals surface area contributed by atoms with E-state index < -0.39 is 0 Å². The van der Waals surface area contributed by atoms with E-state index in [9.17, 15) is 0 Å². The number of hydrogen-bond donors (Lipinski definition) is 0. The molecule has 0 aromatic rings. The quantitative estimate of drug-likeness (QED) is 0.404. The van der Waals surface area contributed by atoms with E-state index in [4.69, 9.17) is 0 Å². The summed E-state index contributed by atoms with van der Waals surface area (Å²) in [7, 11) is 0. The Morgan fingerprint density at radius 2 is 1.90 bits per heavy atom. The van der Waals surface area contributed by atoms with Gasteiger partial charge in [0.1, 0.15) is 0 Å². The zero-order valence-corrected chi connectivity index (χ0v) is 8.51. The van der Waals surface area contributed by atoms with Gasteiger partial charge in [-0.25, -0.2) is 0 Å². The summed E-state index contributed by atoms with van der Waals surface area (Å²) >= 11 is 0.705. The average molecular weight is 252 g/mol. The fourth-order valence-electron chi connectivity index (χ4n) is 1.58. The standard InChI is InChI=1S/C8H15IN/c1-2-4-10(5-3-1)7-8-6-9-8/h8H,1-7H2/q-1. The first kappa shape index (κ1) is 7.35. The molecule has 60 valence electrons. The van der Waals surface area contributed by atoms with Crippen LogP contribution in [0.1, 0.15) is 19.3 Å². The van der Waals surface area contributed by atoms with Crippen molar-refractivity contribution in [3.05, 3.63) is 0 Å². The van der Waals surface area contributed by atoms with E-state index in [0.717, 1.165) is 0 Å². The van der Waals surface area contributed by atoms with Crippen LogP contribution >= 0.6 is 0 Å². The van der Waals surface area contributed by atoms with Gasteiger partial charge in [-0.3, -0.25) is 0 Å². The molecule has 2 heterocycles. The molecule has 0 aromatic heterocycles. The van der Waals surface area contributed by atoms with Crippen LogP contribution in [-0.4, -0.2) is 32.9 Å². The van der Waals surface area contributed by atoms with E-state index in [1.165, 1.54) is 42.8 Å². The van der Waals surface area contributed by atoms with Gasteiger partial charge in [-0.05, 0) is 0 Å². The molecule has 0 saturated carbocycles. The molecule has 2 fully saturated rings. The maximum absolute atomic E-state index is 2.68. The van der Waals surface area contributed by atoms with Crippen molar-refractivity contribution in [2.75, 3.05) is 24.1 Å². The Kier molecular flexibility index (Phi) is 2.49. The van der Waals surface area contributed by atoms with Crippen molar-refractivity contribution in [1.82, 2.24) is 4.90 Å². The average Bonchev–Trinajstić information content (AvgIpc) is 2.74. The summed E-state index contributed by atoms with van der Waals surface area (Å²) in [6.45, 7) is 4.27. The van der Waals surface area contributed by atoms with Gasteiger partial charge in [0.15, 0.2) is 0 Å². The molecular weight excluding hydrogens is 237 g/mol. The Morgan fingerprint density at radius 3 is 2.50 bits per heavy atom. The number of likely N-dealkylation sites (tertiary alicyclic amines) is 1. The van der Waals surface area contributed by atoms with Crippen molar-refractivity contribution in [3.8, 4) is 0 Å². The second-order valence-corrected chi connectivity index (χ2v) is 6.79. The van der Waals surface area contributed by atoms with E-state index in [-0.39, 0.29) is 0 Å². The predicted molar refractivity (Wildman–Crippen MR) is 38.9 cm³/mol. The van der Waals surface area contributed by atoms with Crippen LogP contribution in [0.15, 0.2) is 0 Å². The van der Waals surface area contributed by atoms with E-state index >= 15 is 0 Å². The van der Waals surface area contributed by atoms with Gasteiger partial charge >= 0.3 is 73.4 Å². The molecule has 2 aliphatic heterocycles. The van der Waals surface area contributed by atoms with Gasteiger partial charge in [-0.15, -0.1) is 0 Å². The first-order chi connectivity index (χ1) is 4.95. The second kappa shape index (κ2) is 3.39. The third kappa shape index (κ3) is 2.09. The monoisotopic (exact) mass is 252 g/mol. The van der Waals surface area contributed by atoms with E-state index in [2.05, 4.69) is 4.90 Å². The molecule has 0 radical (unpaired) electrons. The fraction of sp³-hybridized carbons (Fsp3) is 1.00. The van der Waals surface area contributed by atoms with E-state index in [1.54, 1.807) is 4.43 Å². The van der Waals surface area contributed by atoms with Crippen LogP contribution in [0.5, 0.6) is 0 Å². The van der Waals surface area contributed by atoms with Crippen molar-refractivity contribution in [1.29, 1.82) is 0 Å². The summed E-state index contributed by atoms with van der Waals surface area (Å²) < 4.78 is 2.83. The van der Waals surface area contributed by atoms with Crippen LogP contribution in [-0.2, 0) is 0 Å². The van der Waals surface area contributed by atoms with Gasteiger partial charge in [0.25, 0.3) is 0 Å². The molecular formula is C8H15IN-. The first-order valence-corrected chi connectivity index (χ1v) is 7.02. The van der Waals surface area contributed by atoms with E-state index in [0.29, 0.717) is 21.2 Å². The molecule has 0 aromatic carbocycles. The Morgan fingerprint density at radius 1 is 1.20 bits per heavy atom. The predicted octanol–water partition coefficient (Wildman–Crippen LogP) is -2.06. The van der Waals surface area contributed by atoms with Gasteiger partial charge in [-0.2, -0.15) is 0 Å². The van der Waals surface area contributed by atoms with Crippen molar-refractivity contribution in [2.45, 2.75) is 23.2 Å². The van der Waals surface area contributed by atoms with Crippen molar-refractivity contribution in [3.63, 3.8) is 0 Å². The molecule has 2 heteroatoms. The molecule has 1 nitrogen and oxygen atoms in total. The zero-order chi connectivity index (χ0) is 6.81. The number of nitrogens with zero attached hydrogens (tertiary/aromatic N) is 1. The molecule has 10 heavy (non-hydrogen) atoms. The Balaban J connectivity index is 1.69. The molecule has 2 rings (SSSR count). The van der Waals surface area contributed by atoms with Crippen molar-refractivity contribution in [2.24, 2.45) is 0 Å². The summed E-state index contributed by atoms with van der Waals surface area (Å²) in [5, 5.41) is 0. The van der Waals surface area contributed by atoms with Crippen LogP contribution < -0.4 is 21.2 Å². The first-order valence-electron chi connectivity index (χ1n) is 4.25. The molecule has 0 amide bonds. The third-order valence-corrected chi connectivity index (χ3v) is 4.80. The normalized spacial score (nSPS) is 35.0. The van der Waals surface area contributed by atoms with Crippen LogP contribution in [0.25, 0.3) is 0 Å². The molecule has 1 atom stereocenters. The number of halogens is 1. The molecule has 1 unspecified atom stereocenters. The molecule has 2 saturated heterocycles. The van der Waals surface area contributed by atoms with Crippen LogP contribution in [0, 0.1) is 0 Å². The van der Waals surface area contributed by atoms with Gasteiger partial charge < -0.3 is 0 Å². The minimum absolute atomic E-state index is 0.705. The topological polar surface area (TPSA) is 3.24 Å². The molecule has 0 spiro atoms. The summed E-state index contributed by atoms with van der Waals surface area (Å²) in [5.74, 6) is 0. The van der Waals surface area contributed by atoms with Crippen LogP contribution in [0.2, 0.25) is 0 Å². The zero-order valence-electron chi connectivity index (χ0n) is 6.35. The van der Waals surface area contributed by atoms with Gasteiger partial charge in [0.05, 0.1) is 0 Å². The SMILES string of the molecule is C1CCN(CC2C[I-]2)CC1. The Bertz CT molecular complexity index is 106. The van der Waals surface area contributed by atoms with Crippen molar-refractivity contribution >= 4 is 0 Å². The number of alkyl halides is 2. The Hall–Kier alpha value is 0.690. The molecule has 2 aliphatic rings. The summed E-state index contributed by atoms with van der Waals surface area (Å²) in [5.41, 5.74) is 0. The summed E-state index contributed by atoms with van der Waals surface area (Å²) in [4.78, 5) is 2.68. The number of hydrogen-bond acceptors (Lipinski definition) is 1. The van der Waals surface area contributed by atoms with Gasteiger partial charge in [0, 0.05) is 0 Å². The number of rotatable bonds is 2. The molecule has 0 bridgehead atoms. The third-order valence-electron chi connectivity index (χ3n) is 2.28. The van der Waals surface area contributed by atoms with Gasteiger partial charge in [0.2, 0.25) is 0 Å².